The molecule has 1 N–H and O–H groups in total. The van der Waals surface area contributed by atoms with Gasteiger partial charge in [-0.3, -0.25) is 5.32 Å². The SMILES string of the molecule is CCC(C)COC(=O)Nc1ccccc1. The number of para-hydroxylation sites is 1. The Morgan fingerprint density at radius 3 is 2.67 bits per heavy atom. The molecule has 3 heteroatoms. The first-order valence-electron chi connectivity index (χ1n) is 5.21. The van der Waals surface area contributed by atoms with E-state index in [1.807, 2.05) is 30.3 Å². The Morgan fingerprint density at radius 1 is 1.40 bits per heavy atom. The number of rotatable bonds is 4. The van der Waals surface area contributed by atoms with Crippen molar-refractivity contribution in [3.05, 3.63) is 30.3 Å². The highest BCUT2D eigenvalue weighted by Crippen LogP contribution is 2.06. The molecule has 82 valence electrons. The topological polar surface area (TPSA) is 38.3 Å². The average molecular weight is 207 g/mol. The van der Waals surface area contributed by atoms with Crippen molar-refractivity contribution in [3.63, 3.8) is 0 Å². The summed E-state index contributed by atoms with van der Waals surface area (Å²) in [7, 11) is 0. The van der Waals surface area contributed by atoms with Crippen LogP contribution in [0.3, 0.4) is 0 Å². The number of ether oxygens (including phenoxy) is 1. The summed E-state index contributed by atoms with van der Waals surface area (Å²) in [6.07, 6.45) is 0.625. The Hall–Kier alpha value is -1.51. The van der Waals surface area contributed by atoms with E-state index in [9.17, 15) is 4.79 Å². The van der Waals surface area contributed by atoms with Crippen LogP contribution >= 0.6 is 0 Å². The molecule has 15 heavy (non-hydrogen) atoms. The van der Waals surface area contributed by atoms with Crippen molar-refractivity contribution >= 4 is 11.8 Å². The lowest BCUT2D eigenvalue weighted by Crippen LogP contribution is -2.17. The lowest BCUT2D eigenvalue weighted by molar-refractivity contribution is 0.143. The predicted molar refractivity (Wildman–Crippen MR) is 60.9 cm³/mol. The number of benzene rings is 1. The monoisotopic (exact) mass is 207 g/mol. The number of hydrogen-bond acceptors (Lipinski definition) is 2. The van der Waals surface area contributed by atoms with Crippen molar-refractivity contribution in [2.75, 3.05) is 11.9 Å². The van der Waals surface area contributed by atoms with Crippen LogP contribution < -0.4 is 5.32 Å². The molecule has 3 nitrogen and oxygen atoms in total. The molecule has 0 heterocycles. The van der Waals surface area contributed by atoms with Gasteiger partial charge in [0.1, 0.15) is 0 Å². The summed E-state index contributed by atoms with van der Waals surface area (Å²) in [4.78, 5) is 11.3. The van der Waals surface area contributed by atoms with Gasteiger partial charge in [-0.05, 0) is 18.1 Å². The van der Waals surface area contributed by atoms with E-state index in [-0.39, 0.29) is 6.09 Å². The molecule has 0 fully saturated rings. The van der Waals surface area contributed by atoms with Gasteiger partial charge in [0.2, 0.25) is 0 Å². The largest absolute Gasteiger partial charge is 0.449 e. The molecule has 0 bridgehead atoms. The lowest BCUT2D eigenvalue weighted by atomic mass is 10.1. The summed E-state index contributed by atoms with van der Waals surface area (Å²) in [6, 6.07) is 9.28. The number of anilines is 1. The molecule has 1 atom stereocenters. The van der Waals surface area contributed by atoms with Gasteiger partial charge >= 0.3 is 6.09 Å². The molecule has 0 radical (unpaired) electrons. The van der Waals surface area contributed by atoms with E-state index in [1.165, 1.54) is 0 Å². The summed E-state index contributed by atoms with van der Waals surface area (Å²) in [5.74, 6) is 0.409. The van der Waals surface area contributed by atoms with E-state index >= 15 is 0 Å². The Morgan fingerprint density at radius 2 is 2.07 bits per heavy atom. The first-order chi connectivity index (χ1) is 7.22. The number of carbonyl (C=O) groups excluding carboxylic acids is 1. The molecular formula is C12H17NO2. The maximum Gasteiger partial charge on any atom is 0.411 e. The molecule has 0 saturated heterocycles. The molecule has 0 aliphatic rings. The van der Waals surface area contributed by atoms with Crippen molar-refractivity contribution in [1.82, 2.24) is 0 Å². The van der Waals surface area contributed by atoms with Crippen molar-refractivity contribution in [2.45, 2.75) is 20.3 Å². The first kappa shape index (κ1) is 11.6. The van der Waals surface area contributed by atoms with Crippen LogP contribution in [0, 0.1) is 5.92 Å². The molecule has 1 amide bonds. The molecule has 1 unspecified atom stereocenters. The van der Waals surface area contributed by atoms with E-state index in [0.29, 0.717) is 12.5 Å². The zero-order chi connectivity index (χ0) is 11.1. The second-order valence-electron chi connectivity index (χ2n) is 3.60. The highest BCUT2D eigenvalue weighted by Gasteiger charge is 2.05. The van der Waals surface area contributed by atoms with Gasteiger partial charge in [0.05, 0.1) is 6.61 Å². The lowest BCUT2D eigenvalue weighted by Gasteiger charge is -2.10. The minimum atomic E-state index is -0.387. The third kappa shape index (κ3) is 4.49. The fraction of sp³-hybridized carbons (Fsp3) is 0.417. The second-order valence-corrected chi connectivity index (χ2v) is 3.60. The fourth-order valence-electron chi connectivity index (χ4n) is 1.01. The Labute approximate surface area is 90.4 Å². The smallest absolute Gasteiger partial charge is 0.411 e. The molecule has 0 aliphatic carbocycles. The van der Waals surface area contributed by atoms with Crippen molar-refractivity contribution < 1.29 is 9.53 Å². The van der Waals surface area contributed by atoms with Crippen molar-refractivity contribution in [1.29, 1.82) is 0 Å². The zero-order valence-electron chi connectivity index (χ0n) is 9.19. The van der Waals surface area contributed by atoms with Gasteiger partial charge in [-0.1, -0.05) is 38.5 Å². The van der Waals surface area contributed by atoms with Crippen LogP contribution in [0.4, 0.5) is 10.5 Å². The number of amides is 1. The number of nitrogens with one attached hydrogen (secondary N) is 1. The fourth-order valence-corrected chi connectivity index (χ4v) is 1.01. The van der Waals surface area contributed by atoms with Gasteiger partial charge < -0.3 is 4.74 Å². The normalized spacial score (nSPS) is 11.9. The highest BCUT2D eigenvalue weighted by molar-refractivity contribution is 5.84. The Kier molecular flexibility index (Phi) is 4.68. The highest BCUT2D eigenvalue weighted by atomic mass is 16.5. The minimum Gasteiger partial charge on any atom is -0.449 e. The van der Waals surface area contributed by atoms with E-state index in [0.717, 1.165) is 12.1 Å². The quantitative estimate of drug-likeness (QED) is 0.822. The van der Waals surface area contributed by atoms with Crippen molar-refractivity contribution in [3.8, 4) is 0 Å². The average Bonchev–Trinajstić information content (AvgIpc) is 2.27. The third-order valence-corrected chi connectivity index (χ3v) is 2.22. The minimum absolute atomic E-state index is 0.387. The van der Waals surface area contributed by atoms with Crippen molar-refractivity contribution in [2.24, 2.45) is 5.92 Å². The van der Waals surface area contributed by atoms with Crippen LogP contribution in [0.2, 0.25) is 0 Å². The van der Waals surface area contributed by atoms with Gasteiger partial charge in [0.25, 0.3) is 0 Å². The van der Waals surface area contributed by atoms with Crippen LogP contribution in [0.25, 0.3) is 0 Å². The van der Waals surface area contributed by atoms with E-state index in [1.54, 1.807) is 0 Å². The van der Waals surface area contributed by atoms with Crippen LogP contribution in [0.15, 0.2) is 30.3 Å². The first-order valence-corrected chi connectivity index (χ1v) is 5.21. The van der Waals surface area contributed by atoms with E-state index in [2.05, 4.69) is 19.2 Å². The van der Waals surface area contributed by atoms with Gasteiger partial charge in [0, 0.05) is 5.69 Å². The predicted octanol–water partition coefficient (Wildman–Crippen LogP) is 3.28. The van der Waals surface area contributed by atoms with E-state index in [4.69, 9.17) is 4.74 Å². The Balaban J connectivity index is 2.31. The molecule has 1 rings (SSSR count). The Bertz CT molecular complexity index is 298. The summed E-state index contributed by atoms with van der Waals surface area (Å²) >= 11 is 0. The summed E-state index contributed by atoms with van der Waals surface area (Å²) in [5.41, 5.74) is 0.756. The van der Waals surface area contributed by atoms with Gasteiger partial charge in [-0.2, -0.15) is 0 Å². The van der Waals surface area contributed by atoms with Gasteiger partial charge in [-0.15, -0.1) is 0 Å². The van der Waals surface area contributed by atoms with E-state index < -0.39 is 0 Å². The molecule has 0 saturated carbocycles. The van der Waals surface area contributed by atoms with Gasteiger partial charge in [0.15, 0.2) is 0 Å². The number of hydrogen-bond donors (Lipinski definition) is 1. The van der Waals surface area contributed by atoms with Gasteiger partial charge in [-0.25, -0.2) is 4.79 Å². The molecular weight excluding hydrogens is 190 g/mol. The second kappa shape index (κ2) is 6.06. The summed E-state index contributed by atoms with van der Waals surface area (Å²) < 4.78 is 5.05. The maximum atomic E-state index is 11.3. The van der Waals surface area contributed by atoms with Crippen LogP contribution in [0.5, 0.6) is 0 Å². The summed E-state index contributed by atoms with van der Waals surface area (Å²) in [6.45, 7) is 4.59. The zero-order valence-corrected chi connectivity index (χ0v) is 9.19. The molecule has 1 aromatic carbocycles. The molecule has 0 aliphatic heterocycles. The standard InChI is InChI=1S/C12H17NO2/c1-3-10(2)9-15-12(14)13-11-7-5-4-6-8-11/h4-8,10H,3,9H2,1-2H3,(H,13,14). The molecule has 0 aromatic heterocycles. The molecule has 0 spiro atoms. The third-order valence-electron chi connectivity index (χ3n) is 2.22. The maximum absolute atomic E-state index is 11.3. The summed E-state index contributed by atoms with van der Waals surface area (Å²) in [5, 5.41) is 2.66. The van der Waals surface area contributed by atoms with Crippen LogP contribution in [-0.4, -0.2) is 12.7 Å². The van der Waals surface area contributed by atoms with Crippen LogP contribution in [0.1, 0.15) is 20.3 Å². The van der Waals surface area contributed by atoms with Crippen LogP contribution in [-0.2, 0) is 4.74 Å². The number of carbonyl (C=O) groups is 1. The molecule has 1 aromatic rings.